The van der Waals surface area contributed by atoms with Gasteiger partial charge in [0.25, 0.3) is 0 Å². The van der Waals surface area contributed by atoms with E-state index in [-0.39, 0.29) is 23.5 Å². The van der Waals surface area contributed by atoms with E-state index in [1.54, 1.807) is 0 Å². The van der Waals surface area contributed by atoms with Crippen molar-refractivity contribution in [3.05, 3.63) is 170 Å². The molecular formula is C45H28N2O. The standard InChI is InChI=1S/C45H28N2O/c1-3-14-29(15-4-1)31-26-27-34-37(28-31)42(36-21-13-25-41-43(36)35-20-9-12-24-40(35)48-41)32-18-7-8-19-33(32)44(34)47-39-23-11-10-22-38(39)46-45(47)30-16-5-2-6-17-30/h1-28H/i2D,5D,6D,16D,17D. The minimum Gasteiger partial charge on any atom is -0.456 e. The van der Waals surface area contributed by atoms with Gasteiger partial charge in [-0.05, 0) is 63.4 Å². The molecule has 0 atom stereocenters. The van der Waals surface area contributed by atoms with Crippen LogP contribution in [0, 0.1) is 0 Å². The van der Waals surface area contributed by atoms with Gasteiger partial charge in [-0.15, -0.1) is 0 Å². The topological polar surface area (TPSA) is 31.0 Å². The zero-order valence-electron chi connectivity index (χ0n) is 30.6. The molecule has 0 aliphatic rings. The summed E-state index contributed by atoms with van der Waals surface area (Å²) in [5, 5.41) is 5.87. The van der Waals surface area contributed by atoms with Crippen molar-refractivity contribution in [2.75, 3.05) is 0 Å². The van der Waals surface area contributed by atoms with E-state index < -0.39 is 18.1 Å². The molecule has 48 heavy (non-hydrogen) atoms. The Balaban J connectivity index is 1.42. The molecule has 0 fully saturated rings. The molecule has 10 aromatic rings. The normalized spacial score (nSPS) is 13.2. The minimum absolute atomic E-state index is 0.0454. The second kappa shape index (κ2) is 10.5. The molecule has 0 spiro atoms. The van der Waals surface area contributed by atoms with E-state index in [9.17, 15) is 0 Å². The molecule has 0 radical (unpaired) electrons. The van der Waals surface area contributed by atoms with Crippen molar-refractivity contribution in [3.63, 3.8) is 0 Å². The van der Waals surface area contributed by atoms with E-state index in [0.717, 1.165) is 76.9 Å². The Bertz CT molecular complexity index is 3100. The number of benzene rings is 8. The Labute approximate surface area is 284 Å². The summed E-state index contributed by atoms with van der Waals surface area (Å²) in [5.74, 6) is 0.275. The fraction of sp³-hybridized carbons (Fsp3) is 0. The van der Waals surface area contributed by atoms with Crippen molar-refractivity contribution in [2.45, 2.75) is 0 Å². The van der Waals surface area contributed by atoms with Gasteiger partial charge in [0.05, 0.1) is 23.6 Å². The highest BCUT2D eigenvalue weighted by atomic mass is 16.3. The number of imidazole rings is 1. The van der Waals surface area contributed by atoms with E-state index >= 15 is 0 Å². The molecule has 0 bridgehead atoms. The molecule has 0 saturated heterocycles. The van der Waals surface area contributed by atoms with E-state index in [0.29, 0.717) is 5.52 Å². The number of fused-ring (bicyclic) bond motifs is 6. The predicted octanol–water partition coefficient (Wildman–Crippen LogP) is 12.2. The van der Waals surface area contributed by atoms with Crippen LogP contribution in [0.5, 0.6) is 0 Å². The molecule has 8 aromatic carbocycles. The van der Waals surface area contributed by atoms with Crippen LogP contribution in [0.1, 0.15) is 6.85 Å². The lowest BCUT2D eigenvalue weighted by atomic mass is 9.87. The second-order valence-corrected chi connectivity index (χ2v) is 11.9. The number of para-hydroxylation sites is 3. The summed E-state index contributed by atoms with van der Waals surface area (Å²) in [6.07, 6.45) is 0. The Hall–Kier alpha value is -6.45. The molecule has 3 nitrogen and oxygen atoms in total. The highest BCUT2D eigenvalue weighted by molar-refractivity contribution is 6.24. The first kappa shape index (κ1) is 22.1. The molecule has 2 aromatic heterocycles. The van der Waals surface area contributed by atoms with Gasteiger partial charge < -0.3 is 4.42 Å². The van der Waals surface area contributed by atoms with E-state index in [1.165, 1.54) is 0 Å². The minimum atomic E-state index is -0.443. The quantitative estimate of drug-likeness (QED) is 0.184. The van der Waals surface area contributed by atoms with Gasteiger partial charge >= 0.3 is 0 Å². The van der Waals surface area contributed by atoms with Crippen LogP contribution in [0.3, 0.4) is 0 Å². The largest absolute Gasteiger partial charge is 0.456 e. The fourth-order valence-electron chi connectivity index (χ4n) is 7.26. The van der Waals surface area contributed by atoms with Gasteiger partial charge in [0.1, 0.15) is 17.0 Å². The van der Waals surface area contributed by atoms with Crippen molar-refractivity contribution < 1.29 is 11.3 Å². The molecule has 224 valence electrons. The van der Waals surface area contributed by atoms with Gasteiger partial charge in [0, 0.05) is 27.1 Å². The molecule has 0 saturated carbocycles. The lowest BCUT2D eigenvalue weighted by molar-refractivity contribution is 0.669. The average Bonchev–Trinajstić information content (AvgIpc) is 3.77. The smallest absolute Gasteiger partial charge is 0.145 e. The van der Waals surface area contributed by atoms with Crippen LogP contribution in [-0.2, 0) is 0 Å². The van der Waals surface area contributed by atoms with Crippen LogP contribution in [0.25, 0.3) is 93.8 Å². The Kier molecular flexibility index (Phi) is 4.86. The summed E-state index contributed by atoms with van der Waals surface area (Å²) in [6.45, 7) is 0. The summed E-state index contributed by atoms with van der Waals surface area (Å²) >= 11 is 0. The van der Waals surface area contributed by atoms with Crippen LogP contribution >= 0.6 is 0 Å². The van der Waals surface area contributed by atoms with Crippen LogP contribution in [0.4, 0.5) is 0 Å². The molecule has 3 heteroatoms. The predicted molar refractivity (Wildman–Crippen MR) is 200 cm³/mol. The third kappa shape index (κ3) is 3.98. The third-order valence-electron chi connectivity index (χ3n) is 9.28. The molecule has 0 aliphatic heterocycles. The Morgan fingerprint density at radius 2 is 1.23 bits per heavy atom. The average molecular weight is 618 g/mol. The molecule has 0 amide bonds. The summed E-state index contributed by atoms with van der Waals surface area (Å²) in [6, 6.07) is 45.2. The summed E-state index contributed by atoms with van der Waals surface area (Å²) in [4.78, 5) is 5.00. The van der Waals surface area contributed by atoms with Crippen molar-refractivity contribution >= 4 is 54.5 Å². The molecule has 2 heterocycles. The van der Waals surface area contributed by atoms with E-state index in [1.807, 2.05) is 89.5 Å². The molecule has 0 N–H and O–H groups in total. The van der Waals surface area contributed by atoms with Crippen LogP contribution in [0.2, 0.25) is 0 Å². The molecule has 0 unspecified atom stereocenters. The van der Waals surface area contributed by atoms with E-state index in [4.69, 9.17) is 16.3 Å². The lowest BCUT2D eigenvalue weighted by Crippen LogP contribution is -2.02. The third-order valence-corrected chi connectivity index (χ3v) is 9.28. The van der Waals surface area contributed by atoms with Gasteiger partial charge in [-0.3, -0.25) is 4.57 Å². The number of hydrogen-bond donors (Lipinski definition) is 0. The summed E-state index contributed by atoms with van der Waals surface area (Å²) in [7, 11) is 0. The van der Waals surface area contributed by atoms with Crippen LogP contribution in [0.15, 0.2) is 174 Å². The van der Waals surface area contributed by atoms with Crippen molar-refractivity contribution in [1.29, 1.82) is 0 Å². The van der Waals surface area contributed by atoms with Gasteiger partial charge in [-0.25, -0.2) is 4.98 Å². The van der Waals surface area contributed by atoms with Crippen molar-refractivity contribution in [3.8, 4) is 39.3 Å². The van der Waals surface area contributed by atoms with Gasteiger partial charge in [0.15, 0.2) is 0 Å². The van der Waals surface area contributed by atoms with Crippen LogP contribution < -0.4 is 0 Å². The summed E-state index contributed by atoms with van der Waals surface area (Å²) in [5.41, 5.74) is 8.07. The van der Waals surface area contributed by atoms with Crippen molar-refractivity contribution in [1.82, 2.24) is 9.55 Å². The zero-order chi connectivity index (χ0) is 36.0. The number of aromatic nitrogens is 2. The number of furan rings is 1. The molecule has 0 aliphatic carbocycles. The monoisotopic (exact) mass is 617 g/mol. The van der Waals surface area contributed by atoms with Gasteiger partial charge in [0.2, 0.25) is 0 Å². The highest BCUT2D eigenvalue weighted by Crippen LogP contribution is 2.47. The first-order valence-corrected chi connectivity index (χ1v) is 15.9. The van der Waals surface area contributed by atoms with Gasteiger partial charge in [-0.2, -0.15) is 0 Å². The molecular weight excluding hydrogens is 585 g/mol. The summed E-state index contributed by atoms with van der Waals surface area (Å²) < 4.78 is 51.7. The molecule has 10 rings (SSSR count). The lowest BCUT2D eigenvalue weighted by Gasteiger charge is -2.21. The maximum absolute atomic E-state index is 8.99. The van der Waals surface area contributed by atoms with Crippen molar-refractivity contribution in [2.24, 2.45) is 0 Å². The number of nitrogens with zero attached hydrogens (tertiary/aromatic N) is 2. The Morgan fingerprint density at radius 1 is 0.521 bits per heavy atom. The fourth-order valence-corrected chi connectivity index (χ4v) is 7.26. The maximum Gasteiger partial charge on any atom is 0.145 e. The second-order valence-electron chi connectivity index (χ2n) is 11.9. The van der Waals surface area contributed by atoms with Gasteiger partial charge in [-0.1, -0.05) is 139 Å². The first-order valence-electron chi connectivity index (χ1n) is 18.4. The maximum atomic E-state index is 8.99. The Morgan fingerprint density at radius 3 is 2.10 bits per heavy atom. The first-order chi connectivity index (χ1) is 25.9. The van der Waals surface area contributed by atoms with Crippen LogP contribution in [-0.4, -0.2) is 9.55 Å². The SMILES string of the molecule is [2H]c1c([2H])c([2H])c(-c2nc3ccccc3n2-c2c3ccccc3c(-c3cccc4oc5ccccc5c34)c3cc(-c4ccccc4)ccc23)c([2H])c1[2H]. The number of hydrogen-bond acceptors (Lipinski definition) is 2. The number of rotatable bonds is 4. The zero-order valence-corrected chi connectivity index (χ0v) is 25.6. The highest BCUT2D eigenvalue weighted by Gasteiger charge is 2.23. The van der Waals surface area contributed by atoms with E-state index in [2.05, 4.69) is 54.6 Å².